The molecule has 0 aliphatic carbocycles. The Morgan fingerprint density at radius 1 is 0.769 bits per heavy atom. The van der Waals surface area contributed by atoms with Crippen LogP contribution in [-0.2, 0) is 0 Å². The summed E-state index contributed by atoms with van der Waals surface area (Å²) in [4.78, 5) is 0. The Morgan fingerprint density at radius 3 is 1.31 bits per heavy atom. The highest BCUT2D eigenvalue weighted by Crippen LogP contribution is 1.99. The Kier molecular flexibility index (Phi) is 43.2. The van der Waals surface area contributed by atoms with Gasteiger partial charge >= 0.3 is 15.2 Å². The third-order valence-corrected chi connectivity index (χ3v) is 3.16. The molecule has 0 unspecified atom stereocenters. The normalized spacial score (nSPS) is 7.85. The van der Waals surface area contributed by atoms with Crippen LogP contribution >= 0.6 is 0 Å². The Hall–Kier alpha value is 0.452. The van der Waals surface area contributed by atoms with Gasteiger partial charge in [-0.3, -0.25) is 0 Å². The lowest BCUT2D eigenvalue weighted by Crippen LogP contribution is -1.87. The van der Waals surface area contributed by atoms with Gasteiger partial charge in [-0.25, -0.2) is 0 Å². The minimum atomic E-state index is 0.750. The summed E-state index contributed by atoms with van der Waals surface area (Å²) in [6.45, 7) is 4.55. The summed E-state index contributed by atoms with van der Waals surface area (Å²) in [5, 5.41) is 19.6. The van der Waals surface area contributed by atoms with Crippen molar-refractivity contribution in [2.45, 2.75) is 50.1 Å². The van der Waals surface area contributed by atoms with E-state index in [1.807, 2.05) is 0 Å². The monoisotopic (exact) mass is 203 g/mol. The molecule has 0 fully saturated rings. The van der Waals surface area contributed by atoms with Gasteiger partial charge in [-0.15, -0.1) is 0 Å². The average Bonchev–Trinajstić information content (AvgIpc) is 2.24. The van der Waals surface area contributed by atoms with Crippen molar-refractivity contribution in [3.63, 3.8) is 0 Å². The lowest BCUT2D eigenvalue weighted by molar-refractivity contribution is -0.325. The SMILES string of the molecule is CCC[CH2][Al+2][CH2]CCC.C[O-].C[O-]. The fourth-order valence-corrected chi connectivity index (χ4v) is 2.52. The Bertz CT molecular complexity index is 46.2. The van der Waals surface area contributed by atoms with Crippen LogP contribution in [0.1, 0.15) is 39.5 Å². The highest BCUT2D eigenvalue weighted by Gasteiger charge is 2.40. The maximum atomic E-state index is 8.25. The van der Waals surface area contributed by atoms with E-state index in [0.717, 1.165) is 29.4 Å². The summed E-state index contributed by atoms with van der Waals surface area (Å²) in [5.74, 6) is 0. The molecule has 0 amide bonds. The van der Waals surface area contributed by atoms with Crippen LogP contribution in [-0.4, -0.2) is 29.4 Å². The van der Waals surface area contributed by atoms with E-state index in [2.05, 4.69) is 13.8 Å². The van der Waals surface area contributed by atoms with Gasteiger partial charge in [0.25, 0.3) is 0 Å². The van der Waals surface area contributed by atoms with Crippen molar-refractivity contribution >= 4 is 15.2 Å². The zero-order valence-corrected chi connectivity index (χ0v) is 10.8. The molecular formula is C10H24AlO2. The molecule has 5 radical (unpaired) electrons. The molecule has 0 bridgehead atoms. The average molecular weight is 203 g/mol. The Labute approximate surface area is 90.1 Å². The molecule has 0 saturated heterocycles. The van der Waals surface area contributed by atoms with Gasteiger partial charge in [-0.2, -0.15) is 14.2 Å². The standard InChI is InChI=1S/2C4H9.2CH3O.Al/c2*1-3-4-2;2*1-2;/h2*1,3-4H2,2H3;2*1H3;/q;;2*-1;+2. The second-order valence-corrected chi connectivity index (χ2v) is 4.31. The molecule has 0 spiro atoms. The first-order valence-electron chi connectivity index (χ1n) is 5.05. The predicted molar refractivity (Wildman–Crippen MR) is 57.0 cm³/mol. The van der Waals surface area contributed by atoms with Crippen molar-refractivity contribution in [3.05, 3.63) is 0 Å². The number of unbranched alkanes of at least 4 members (excludes halogenated alkanes) is 2. The first kappa shape index (κ1) is 19.1. The van der Waals surface area contributed by atoms with Crippen LogP contribution < -0.4 is 10.2 Å². The molecule has 0 heterocycles. The van der Waals surface area contributed by atoms with Gasteiger partial charge < -0.3 is 10.2 Å². The third kappa shape index (κ3) is 32.7. The third-order valence-electron chi connectivity index (χ3n) is 1.52. The molecule has 0 aliphatic heterocycles. The van der Waals surface area contributed by atoms with Gasteiger partial charge in [0, 0.05) is 0 Å². The zero-order valence-electron chi connectivity index (χ0n) is 9.64. The molecule has 0 aromatic carbocycles. The zero-order chi connectivity index (χ0) is 10.9. The summed E-state index contributed by atoms with van der Waals surface area (Å²) in [6, 6.07) is 0. The molecule has 2 nitrogen and oxygen atoms in total. The van der Waals surface area contributed by atoms with Gasteiger partial charge in [0.05, 0.1) is 0 Å². The molecule has 0 saturated carbocycles. The lowest BCUT2D eigenvalue weighted by Gasteiger charge is -1.74. The minimum Gasteiger partial charge on any atom is -0.857 e. The maximum Gasteiger partial charge on any atom is 1.24 e. The fourth-order valence-electron chi connectivity index (χ4n) is 0.841. The van der Waals surface area contributed by atoms with Crippen LogP contribution in [0.2, 0.25) is 10.6 Å². The molecule has 13 heavy (non-hydrogen) atoms. The van der Waals surface area contributed by atoms with E-state index >= 15 is 0 Å². The molecule has 0 rings (SSSR count). The van der Waals surface area contributed by atoms with E-state index in [4.69, 9.17) is 10.2 Å². The van der Waals surface area contributed by atoms with E-state index in [0.29, 0.717) is 0 Å². The van der Waals surface area contributed by atoms with Crippen LogP contribution in [0.15, 0.2) is 0 Å². The second-order valence-electron chi connectivity index (χ2n) is 2.57. The van der Waals surface area contributed by atoms with E-state index < -0.39 is 0 Å². The molecule has 0 aliphatic rings. The molecule has 3 heteroatoms. The maximum absolute atomic E-state index is 8.25. The van der Waals surface area contributed by atoms with Gasteiger partial charge in [0.1, 0.15) is 0 Å². The van der Waals surface area contributed by atoms with Crippen molar-refractivity contribution in [1.29, 1.82) is 0 Å². The van der Waals surface area contributed by atoms with E-state index in [1.165, 1.54) is 36.2 Å². The topological polar surface area (TPSA) is 46.1 Å². The van der Waals surface area contributed by atoms with E-state index in [9.17, 15) is 0 Å². The summed E-state index contributed by atoms with van der Waals surface area (Å²) in [5.41, 5.74) is 0. The first-order valence-corrected chi connectivity index (χ1v) is 6.68. The lowest BCUT2D eigenvalue weighted by atomic mass is 10.4. The van der Waals surface area contributed by atoms with Gasteiger partial charge in [0.2, 0.25) is 0 Å². The number of hydrogen-bond acceptors (Lipinski definition) is 2. The van der Waals surface area contributed by atoms with Crippen LogP contribution in [0.5, 0.6) is 0 Å². The van der Waals surface area contributed by atoms with Crippen molar-refractivity contribution in [1.82, 2.24) is 0 Å². The minimum absolute atomic E-state index is 0.750. The highest BCUT2D eigenvalue weighted by molar-refractivity contribution is 6.35. The summed E-state index contributed by atoms with van der Waals surface area (Å²) in [7, 11) is 1.50. The van der Waals surface area contributed by atoms with Crippen molar-refractivity contribution in [2.24, 2.45) is 0 Å². The van der Waals surface area contributed by atoms with E-state index in [-0.39, 0.29) is 0 Å². The highest BCUT2D eigenvalue weighted by atomic mass is 27.1. The first-order chi connectivity index (χ1) is 6.41. The predicted octanol–water partition coefficient (Wildman–Crippen LogP) is 1.08. The largest absolute Gasteiger partial charge is 1.24 e. The molecule has 0 aromatic rings. The molecular weight excluding hydrogens is 179 g/mol. The quantitative estimate of drug-likeness (QED) is 0.479. The molecule has 79 valence electrons. The summed E-state index contributed by atoms with van der Waals surface area (Å²) >= 11 is 0.818. The smallest absolute Gasteiger partial charge is 0.857 e. The van der Waals surface area contributed by atoms with Crippen LogP contribution in [0.25, 0.3) is 0 Å². The van der Waals surface area contributed by atoms with Gasteiger partial charge in [-0.1, -0.05) is 26.7 Å². The van der Waals surface area contributed by atoms with Crippen LogP contribution in [0.4, 0.5) is 0 Å². The Balaban J connectivity index is -0.000000218. The van der Waals surface area contributed by atoms with E-state index in [1.54, 1.807) is 0 Å². The molecule has 0 N–H and O–H groups in total. The fraction of sp³-hybridized carbons (Fsp3) is 1.00. The molecule has 0 atom stereocenters. The van der Waals surface area contributed by atoms with Gasteiger partial charge in [0.15, 0.2) is 10.6 Å². The van der Waals surface area contributed by atoms with Crippen LogP contribution in [0, 0.1) is 0 Å². The number of hydrogen-bond donors (Lipinski definition) is 0. The summed E-state index contributed by atoms with van der Waals surface area (Å²) < 4.78 is 0. The van der Waals surface area contributed by atoms with Gasteiger partial charge in [-0.05, 0) is 12.8 Å². The molecule has 0 aromatic heterocycles. The van der Waals surface area contributed by atoms with Crippen LogP contribution in [0.3, 0.4) is 0 Å². The Morgan fingerprint density at radius 2 is 1.08 bits per heavy atom. The summed E-state index contributed by atoms with van der Waals surface area (Å²) in [6.07, 6.45) is 5.72. The van der Waals surface area contributed by atoms with Crippen molar-refractivity contribution in [2.75, 3.05) is 14.2 Å². The second kappa shape index (κ2) is 29.4. The van der Waals surface area contributed by atoms with Crippen molar-refractivity contribution in [3.8, 4) is 0 Å². The van der Waals surface area contributed by atoms with Crippen molar-refractivity contribution < 1.29 is 10.2 Å². The number of rotatable bonds is 6.